The number of hydrogen-bond donors (Lipinski definition) is 0. The van der Waals surface area contributed by atoms with E-state index in [2.05, 4.69) is 13.8 Å². The first-order valence-electron chi connectivity index (χ1n) is 13.5. The van der Waals surface area contributed by atoms with Gasteiger partial charge in [-0.3, -0.25) is 9.59 Å². The lowest BCUT2D eigenvalue weighted by molar-refractivity contribution is -0.155. The summed E-state index contributed by atoms with van der Waals surface area (Å²) in [5.74, 6) is 3.41. The lowest BCUT2D eigenvalue weighted by atomic mass is 9.44. The maximum absolute atomic E-state index is 13.3. The zero-order chi connectivity index (χ0) is 23.2. The molecule has 0 N–H and O–H groups in total. The van der Waals surface area contributed by atoms with Crippen LogP contribution in [0.3, 0.4) is 0 Å². The topological polar surface area (TPSA) is 43.4 Å². The molecule has 4 rings (SSSR count). The minimum absolute atomic E-state index is 0.0860. The van der Waals surface area contributed by atoms with E-state index in [9.17, 15) is 9.59 Å². The Balaban J connectivity index is 0.000000807. The SMILES string of the molecule is CC.CC.COC(=O)CCCC1CCC2C3C(=O)CC4CCCCC4(C)C3CCC12C. The van der Waals surface area contributed by atoms with Crippen LogP contribution >= 0.6 is 0 Å². The Kier molecular flexibility index (Phi) is 9.64. The summed E-state index contributed by atoms with van der Waals surface area (Å²) >= 11 is 0. The third kappa shape index (κ3) is 4.91. The highest BCUT2D eigenvalue weighted by Crippen LogP contribution is 2.67. The summed E-state index contributed by atoms with van der Waals surface area (Å²) in [5, 5.41) is 0. The number of carbonyl (C=O) groups excluding carboxylic acids is 2. The summed E-state index contributed by atoms with van der Waals surface area (Å²) < 4.78 is 4.81. The molecule has 0 radical (unpaired) electrons. The molecule has 3 heteroatoms. The molecule has 0 saturated heterocycles. The Bertz CT molecular complexity index is 599. The molecule has 7 atom stereocenters. The first-order valence-corrected chi connectivity index (χ1v) is 13.5. The smallest absolute Gasteiger partial charge is 0.305 e. The van der Waals surface area contributed by atoms with Gasteiger partial charge >= 0.3 is 5.97 Å². The van der Waals surface area contributed by atoms with E-state index < -0.39 is 0 Å². The number of esters is 1. The van der Waals surface area contributed by atoms with E-state index in [4.69, 9.17) is 4.74 Å². The van der Waals surface area contributed by atoms with Crippen molar-refractivity contribution in [3.8, 4) is 0 Å². The van der Waals surface area contributed by atoms with E-state index in [0.29, 0.717) is 52.6 Å². The van der Waals surface area contributed by atoms with Crippen LogP contribution < -0.4 is 0 Å². The van der Waals surface area contributed by atoms with E-state index >= 15 is 0 Å². The second kappa shape index (κ2) is 11.3. The summed E-state index contributed by atoms with van der Waals surface area (Å²) in [5.41, 5.74) is 0.728. The van der Waals surface area contributed by atoms with Gasteiger partial charge < -0.3 is 4.74 Å². The number of ether oxygens (including phenoxy) is 1. The molecular weight excluding hydrogens is 384 g/mol. The van der Waals surface area contributed by atoms with Crippen molar-refractivity contribution in [2.45, 2.75) is 119 Å². The van der Waals surface area contributed by atoms with E-state index in [-0.39, 0.29) is 5.97 Å². The summed E-state index contributed by atoms with van der Waals surface area (Å²) in [6.07, 6.45) is 13.8. The molecule has 0 aromatic rings. The van der Waals surface area contributed by atoms with Gasteiger partial charge in [-0.25, -0.2) is 0 Å². The predicted molar refractivity (Wildman–Crippen MR) is 129 cm³/mol. The van der Waals surface area contributed by atoms with E-state index in [1.807, 2.05) is 27.7 Å². The van der Waals surface area contributed by atoms with Gasteiger partial charge in [0.1, 0.15) is 5.78 Å². The van der Waals surface area contributed by atoms with Crippen LogP contribution in [0.15, 0.2) is 0 Å². The van der Waals surface area contributed by atoms with Crippen molar-refractivity contribution >= 4 is 11.8 Å². The normalized spacial score (nSPS) is 40.7. The second-order valence-electron chi connectivity index (χ2n) is 10.6. The second-order valence-corrected chi connectivity index (χ2v) is 10.6. The Morgan fingerprint density at radius 3 is 2.29 bits per heavy atom. The molecule has 0 aromatic heterocycles. The van der Waals surface area contributed by atoms with Gasteiger partial charge in [-0.15, -0.1) is 0 Å². The average Bonchev–Trinajstić information content (AvgIpc) is 3.13. The van der Waals surface area contributed by atoms with Crippen LogP contribution in [0.2, 0.25) is 0 Å². The van der Waals surface area contributed by atoms with Crippen LogP contribution in [0.4, 0.5) is 0 Å². The average molecular weight is 435 g/mol. The Morgan fingerprint density at radius 2 is 1.61 bits per heavy atom. The fourth-order valence-electron chi connectivity index (χ4n) is 8.14. The molecule has 0 heterocycles. The molecule has 0 bridgehead atoms. The highest BCUT2D eigenvalue weighted by Gasteiger charge is 2.61. The molecular formula is C28H50O3. The monoisotopic (exact) mass is 434 g/mol. The number of fused-ring (bicyclic) bond motifs is 5. The van der Waals surface area contributed by atoms with E-state index in [1.54, 1.807) is 0 Å². The molecule has 7 unspecified atom stereocenters. The quantitative estimate of drug-likeness (QED) is 0.428. The van der Waals surface area contributed by atoms with Crippen LogP contribution in [-0.4, -0.2) is 18.9 Å². The summed E-state index contributed by atoms with van der Waals surface area (Å²) in [7, 11) is 1.48. The number of rotatable bonds is 4. The fourth-order valence-corrected chi connectivity index (χ4v) is 8.14. The maximum Gasteiger partial charge on any atom is 0.305 e. The summed E-state index contributed by atoms with van der Waals surface area (Å²) in [6, 6.07) is 0. The van der Waals surface area contributed by atoms with Crippen molar-refractivity contribution in [1.29, 1.82) is 0 Å². The zero-order valence-electron chi connectivity index (χ0n) is 21.6. The number of ketones is 1. The largest absolute Gasteiger partial charge is 0.469 e. The fraction of sp³-hybridized carbons (Fsp3) is 0.929. The summed E-state index contributed by atoms with van der Waals surface area (Å²) in [4.78, 5) is 24.8. The third-order valence-corrected chi connectivity index (χ3v) is 9.75. The predicted octanol–water partition coefficient (Wildman–Crippen LogP) is 7.61. The van der Waals surface area contributed by atoms with Crippen molar-refractivity contribution in [2.75, 3.05) is 7.11 Å². The van der Waals surface area contributed by atoms with Gasteiger partial charge in [0.15, 0.2) is 0 Å². The van der Waals surface area contributed by atoms with Gasteiger partial charge in [0.25, 0.3) is 0 Å². The molecule has 4 fully saturated rings. The van der Waals surface area contributed by atoms with Crippen LogP contribution in [0.1, 0.15) is 119 Å². The van der Waals surface area contributed by atoms with Crippen molar-refractivity contribution in [3.63, 3.8) is 0 Å². The molecule has 0 spiro atoms. The van der Waals surface area contributed by atoms with Crippen LogP contribution in [0.5, 0.6) is 0 Å². The Hall–Kier alpha value is -0.860. The van der Waals surface area contributed by atoms with Crippen molar-refractivity contribution in [2.24, 2.45) is 40.4 Å². The lowest BCUT2D eigenvalue weighted by Gasteiger charge is -2.59. The van der Waals surface area contributed by atoms with Gasteiger partial charge in [-0.2, -0.15) is 0 Å². The van der Waals surface area contributed by atoms with Gasteiger partial charge in [0.05, 0.1) is 7.11 Å². The molecule has 4 saturated carbocycles. The lowest BCUT2D eigenvalue weighted by Crippen LogP contribution is -2.56. The van der Waals surface area contributed by atoms with E-state index in [0.717, 1.165) is 19.3 Å². The Labute approximate surface area is 192 Å². The molecule has 180 valence electrons. The number of hydrogen-bond acceptors (Lipinski definition) is 3. The molecule has 0 amide bonds. The van der Waals surface area contributed by atoms with E-state index in [1.165, 1.54) is 58.5 Å². The molecule has 31 heavy (non-hydrogen) atoms. The molecule has 3 nitrogen and oxygen atoms in total. The third-order valence-electron chi connectivity index (χ3n) is 9.75. The van der Waals surface area contributed by atoms with Crippen molar-refractivity contribution < 1.29 is 14.3 Å². The van der Waals surface area contributed by atoms with Gasteiger partial charge in [-0.05, 0) is 85.9 Å². The molecule has 4 aliphatic rings. The highest BCUT2D eigenvalue weighted by molar-refractivity contribution is 5.83. The molecule has 0 aliphatic heterocycles. The standard InChI is InChI=1S/C24H38O3.2C2H6/c1-23-13-5-4-7-17(23)15-20(25)22-18-11-10-16(8-6-9-21(26)27-3)24(18,2)14-12-19(22)23;2*1-2/h16-19,22H,4-15H2,1-3H3;2*1-2H3. The number of carbonyl (C=O) groups is 2. The molecule has 4 aliphatic carbocycles. The van der Waals surface area contributed by atoms with Crippen LogP contribution in [-0.2, 0) is 14.3 Å². The van der Waals surface area contributed by atoms with Gasteiger partial charge in [0, 0.05) is 18.8 Å². The maximum atomic E-state index is 13.3. The number of Topliss-reactive ketones (excluding diaryl/α,β-unsaturated/α-hetero) is 1. The minimum Gasteiger partial charge on any atom is -0.469 e. The van der Waals surface area contributed by atoms with Crippen LogP contribution in [0, 0.1) is 40.4 Å². The number of methoxy groups -OCH3 is 1. The summed E-state index contributed by atoms with van der Waals surface area (Å²) in [6.45, 7) is 13.0. The minimum atomic E-state index is -0.0860. The first kappa shape index (κ1) is 26.4. The Morgan fingerprint density at radius 1 is 0.935 bits per heavy atom. The van der Waals surface area contributed by atoms with Crippen molar-refractivity contribution in [3.05, 3.63) is 0 Å². The molecule has 0 aromatic carbocycles. The zero-order valence-corrected chi connectivity index (χ0v) is 21.6. The van der Waals surface area contributed by atoms with Gasteiger partial charge in [-0.1, -0.05) is 54.4 Å². The highest BCUT2D eigenvalue weighted by atomic mass is 16.5. The van der Waals surface area contributed by atoms with Crippen LogP contribution in [0.25, 0.3) is 0 Å². The van der Waals surface area contributed by atoms with Gasteiger partial charge in [0.2, 0.25) is 0 Å². The van der Waals surface area contributed by atoms with Crippen molar-refractivity contribution in [1.82, 2.24) is 0 Å². The first-order chi connectivity index (χ1) is 14.9.